The molecule has 2 aromatic carbocycles. The summed E-state index contributed by atoms with van der Waals surface area (Å²) in [6.45, 7) is 2.74. The predicted molar refractivity (Wildman–Crippen MR) is 138 cm³/mol. The second-order valence-corrected chi connectivity index (χ2v) is 9.34. The van der Waals surface area contributed by atoms with Crippen LogP contribution in [0, 0.1) is 0 Å². The molecule has 7 nitrogen and oxygen atoms in total. The maximum Gasteiger partial charge on any atom is 0.255 e. The molecule has 4 heterocycles. The molecular formula is C28H28N6O. The van der Waals surface area contributed by atoms with Gasteiger partial charge in [0.1, 0.15) is 6.33 Å². The first-order chi connectivity index (χ1) is 17.2. The SMILES string of the molecule is Cn1c(N2CCCC(c3ccc(N4CCc5ccccc54)cc3)C2)nc(-c2ccncn2)cc1=O. The largest absolute Gasteiger partial charge is 0.342 e. The standard InChI is InChI=1S/C28H28N6O/c1-32-27(35)17-25(24-12-14-29-19-30-24)31-28(32)33-15-4-6-22(18-33)20-8-10-23(11-9-20)34-16-13-21-5-2-3-7-26(21)34/h2-3,5,7-12,14,17,19,22H,4,6,13,15-16,18H2,1H3. The minimum absolute atomic E-state index is 0.0824. The van der Waals surface area contributed by atoms with Gasteiger partial charge in [0, 0.05) is 56.2 Å². The molecule has 1 fully saturated rings. The predicted octanol–water partition coefficient (Wildman–Crippen LogP) is 4.32. The second kappa shape index (κ2) is 8.98. The van der Waals surface area contributed by atoms with Crippen LogP contribution in [0.4, 0.5) is 17.3 Å². The number of hydrogen-bond donors (Lipinski definition) is 0. The quantitative estimate of drug-likeness (QED) is 0.448. The number of para-hydroxylation sites is 1. The average molecular weight is 465 g/mol. The van der Waals surface area contributed by atoms with Crippen molar-refractivity contribution < 1.29 is 0 Å². The fourth-order valence-corrected chi connectivity index (χ4v) is 5.35. The van der Waals surface area contributed by atoms with Crippen LogP contribution < -0.4 is 15.4 Å². The van der Waals surface area contributed by atoms with Gasteiger partial charge in [-0.3, -0.25) is 9.36 Å². The molecular weight excluding hydrogens is 436 g/mol. The highest BCUT2D eigenvalue weighted by atomic mass is 16.1. The molecule has 0 N–H and O–H groups in total. The highest BCUT2D eigenvalue weighted by molar-refractivity contribution is 5.70. The van der Waals surface area contributed by atoms with Crippen LogP contribution in [0.1, 0.15) is 29.9 Å². The molecule has 176 valence electrons. The molecule has 1 unspecified atom stereocenters. The van der Waals surface area contributed by atoms with Gasteiger partial charge in [-0.25, -0.2) is 15.0 Å². The third kappa shape index (κ3) is 4.07. The highest BCUT2D eigenvalue weighted by Gasteiger charge is 2.25. The van der Waals surface area contributed by atoms with Gasteiger partial charge in [0.2, 0.25) is 5.95 Å². The van der Waals surface area contributed by atoms with Gasteiger partial charge in [0.25, 0.3) is 5.56 Å². The number of piperidine rings is 1. The van der Waals surface area contributed by atoms with E-state index in [-0.39, 0.29) is 5.56 Å². The van der Waals surface area contributed by atoms with Gasteiger partial charge in [-0.2, -0.15) is 0 Å². The maximum absolute atomic E-state index is 12.7. The molecule has 1 saturated heterocycles. The summed E-state index contributed by atoms with van der Waals surface area (Å²) in [5, 5.41) is 0. The Morgan fingerprint density at radius 3 is 2.66 bits per heavy atom. The number of nitrogens with zero attached hydrogens (tertiary/aromatic N) is 6. The number of hydrogen-bond acceptors (Lipinski definition) is 6. The van der Waals surface area contributed by atoms with Gasteiger partial charge in [-0.05, 0) is 54.7 Å². The Kier molecular flexibility index (Phi) is 5.52. The molecule has 7 heteroatoms. The zero-order chi connectivity index (χ0) is 23.8. The van der Waals surface area contributed by atoms with Gasteiger partial charge in [-0.15, -0.1) is 0 Å². The molecule has 0 spiro atoms. The van der Waals surface area contributed by atoms with E-state index in [1.165, 1.54) is 28.8 Å². The lowest BCUT2D eigenvalue weighted by Crippen LogP contribution is -2.38. The van der Waals surface area contributed by atoms with Crippen LogP contribution in [-0.2, 0) is 13.5 Å². The molecule has 6 rings (SSSR count). The summed E-state index contributed by atoms with van der Waals surface area (Å²) < 4.78 is 1.64. The molecule has 0 amide bonds. The van der Waals surface area contributed by atoms with E-state index in [9.17, 15) is 4.79 Å². The topological polar surface area (TPSA) is 67.2 Å². The molecule has 2 aromatic heterocycles. The lowest BCUT2D eigenvalue weighted by Gasteiger charge is -2.34. The van der Waals surface area contributed by atoms with Gasteiger partial charge in [-0.1, -0.05) is 30.3 Å². The number of anilines is 3. The summed E-state index contributed by atoms with van der Waals surface area (Å²) in [6.07, 6.45) is 6.43. The summed E-state index contributed by atoms with van der Waals surface area (Å²) in [4.78, 5) is 30.5. The third-order valence-corrected chi connectivity index (χ3v) is 7.22. The first kappa shape index (κ1) is 21.5. The zero-order valence-corrected chi connectivity index (χ0v) is 19.8. The molecule has 0 aliphatic carbocycles. The molecule has 0 saturated carbocycles. The number of rotatable bonds is 4. The summed E-state index contributed by atoms with van der Waals surface area (Å²) >= 11 is 0. The van der Waals surface area contributed by atoms with Crippen LogP contribution in [0.5, 0.6) is 0 Å². The number of aromatic nitrogens is 4. The molecule has 4 aromatic rings. The van der Waals surface area contributed by atoms with Crippen LogP contribution in [-0.4, -0.2) is 39.2 Å². The van der Waals surface area contributed by atoms with Crippen molar-refractivity contribution in [2.75, 3.05) is 29.4 Å². The average Bonchev–Trinajstić information content (AvgIpc) is 3.35. The summed E-state index contributed by atoms with van der Waals surface area (Å²) in [5.74, 6) is 1.09. The van der Waals surface area contributed by atoms with E-state index in [2.05, 4.69) is 68.3 Å². The molecule has 1 atom stereocenters. The van der Waals surface area contributed by atoms with Crippen LogP contribution in [0.25, 0.3) is 11.4 Å². The third-order valence-electron chi connectivity index (χ3n) is 7.22. The molecule has 2 aliphatic rings. The minimum atomic E-state index is -0.0824. The van der Waals surface area contributed by atoms with Crippen LogP contribution in [0.3, 0.4) is 0 Å². The first-order valence-corrected chi connectivity index (χ1v) is 12.2. The van der Waals surface area contributed by atoms with E-state index >= 15 is 0 Å². The van der Waals surface area contributed by atoms with Crippen LogP contribution in [0.2, 0.25) is 0 Å². The Balaban J connectivity index is 1.24. The minimum Gasteiger partial charge on any atom is -0.342 e. The Hall–Kier alpha value is -4.00. The first-order valence-electron chi connectivity index (χ1n) is 12.2. The Morgan fingerprint density at radius 1 is 0.971 bits per heavy atom. The second-order valence-electron chi connectivity index (χ2n) is 9.34. The molecule has 0 radical (unpaired) electrons. The fraction of sp³-hybridized carbons (Fsp3) is 0.286. The van der Waals surface area contributed by atoms with Crippen molar-refractivity contribution in [1.29, 1.82) is 0 Å². The molecule has 0 bridgehead atoms. The van der Waals surface area contributed by atoms with Crippen molar-refractivity contribution in [2.24, 2.45) is 7.05 Å². The number of fused-ring (bicyclic) bond motifs is 1. The zero-order valence-electron chi connectivity index (χ0n) is 19.8. The van der Waals surface area contributed by atoms with E-state index < -0.39 is 0 Å². The summed E-state index contributed by atoms with van der Waals surface area (Å²) in [7, 11) is 1.79. The van der Waals surface area contributed by atoms with E-state index in [1.807, 2.05) is 0 Å². The monoisotopic (exact) mass is 464 g/mol. The van der Waals surface area contributed by atoms with Crippen molar-refractivity contribution in [3.05, 3.63) is 94.7 Å². The van der Waals surface area contributed by atoms with Crippen molar-refractivity contribution in [1.82, 2.24) is 19.5 Å². The van der Waals surface area contributed by atoms with E-state index in [0.29, 0.717) is 23.3 Å². The van der Waals surface area contributed by atoms with Crippen molar-refractivity contribution in [3.8, 4) is 11.4 Å². The Morgan fingerprint density at radius 2 is 1.83 bits per heavy atom. The molecule has 2 aliphatic heterocycles. The maximum atomic E-state index is 12.7. The fourth-order valence-electron chi connectivity index (χ4n) is 5.35. The molecule has 35 heavy (non-hydrogen) atoms. The van der Waals surface area contributed by atoms with Crippen molar-refractivity contribution in [3.63, 3.8) is 0 Å². The van der Waals surface area contributed by atoms with Crippen LogP contribution in [0.15, 0.2) is 78.0 Å². The van der Waals surface area contributed by atoms with Crippen molar-refractivity contribution in [2.45, 2.75) is 25.2 Å². The summed E-state index contributed by atoms with van der Waals surface area (Å²) in [6, 6.07) is 21.0. The van der Waals surface area contributed by atoms with Crippen LogP contribution >= 0.6 is 0 Å². The van der Waals surface area contributed by atoms with E-state index in [1.54, 1.807) is 29.9 Å². The lowest BCUT2D eigenvalue weighted by atomic mass is 9.90. The van der Waals surface area contributed by atoms with Gasteiger partial charge in [0.05, 0.1) is 11.4 Å². The van der Waals surface area contributed by atoms with E-state index in [0.717, 1.165) is 38.9 Å². The Bertz CT molecular complexity index is 1400. The number of benzene rings is 2. The van der Waals surface area contributed by atoms with E-state index in [4.69, 9.17) is 4.98 Å². The van der Waals surface area contributed by atoms with Gasteiger partial charge in [0.15, 0.2) is 0 Å². The summed E-state index contributed by atoms with van der Waals surface area (Å²) in [5.41, 5.74) is 6.48. The van der Waals surface area contributed by atoms with Gasteiger partial charge < -0.3 is 9.80 Å². The highest BCUT2D eigenvalue weighted by Crippen LogP contribution is 2.36. The lowest BCUT2D eigenvalue weighted by molar-refractivity contribution is 0.497. The van der Waals surface area contributed by atoms with Gasteiger partial charge >= 0.3 is 0 Å². The van der Waals surface area contributed by atoms with Crippen molar-refractivity contribution >= 4 is 17.3 Å². The Labute approximate surface area is 204 Å². The smallest absolute Gasteiger partial charge is 0.255 e. The normalized spacial score (nSPS) is 17.5.